The Morgan fingerprint density at radius 2 is 1.92 bits per heavy atom. The molecule has 0 saturated carbocycles. The van der Waals surface area contributed by atoms with E-state index in [0.29, 0.717) is 36.2 Å². The summed E-state index contributed by atoms with van der Waals surface area (Å²) in [4.78, 5) is 45.0. The quantitative estimate of drug-likeness (QED) is 0.313. The molecule has 10 nitrogen and oxygen atoms in total. The third-order valence-corrected chi connectivity index (χ3v) is 6.05. The van der Waals surface area contributed by atoms with E-state index >= 15 is 0 Å². The van der Waals surface area contributed by atoms with E-state index in [1.54, 1.807) is 18.3 Å². The van der Waals surface area contributed by atoms with Crippen molar-refractivity contribution in [2.45, 2.75) is 65.5 Å². The molecule has 2 aromatic rings. The summed E-state index contributed by atoms with van der Waals surface area (Å²) in [5, 5.41) is 20.8. The van der Waals surface area contributed by atoms with E-state index in [-0.39, 0.29) is 30.8 Å². The van der Waals surface area contributed by atoms with Gasteiger partial charge in [-0.1, -0.05) is 32.0 Å². The SMILES string of the molecule is Cc1cc(CC(=O)NC(CC(C)C)C2=NC(CCC(=O)O)CN2)ccc1NC(=O)Nc1ncccc1C. The number of aliphatic carboxylic acids is 1. The minimum Gasteiger partial charge on any atom is -0.481 e. The van der Waals surface area contributed by atoms with Crippen molar-refractivity contribution in [1.29, 1.82) is 0 Å². The highest BCUT2D eigenvalue weighted by molar-refractivity contribution is 6.00. The van der Waals surface area contributed by atoms with Crippen LogP contribution in [0.3, 0.4) is 0 Å². The Morgan fingerprint density at radius 1 is 1.14 bits per heavy atom. The number of aliphatic imine (C=N–C) groups is 1. The second-order valence-electron chi connectivity index (χ2n) is 9.81. The van der Waals surface area contributed by atoms with Gasteiger partial charge in [0.15, 0.2) is 0 Å². The van der Waals surface area contributed by atoms with Gasteiger partial charge < -0.3 is 21.1 Å². The number of carbonyl (C=O) groups excluding carboxylic acids is 2. The largest absolute Gasteiger partial charge is 0.481 e. The fourth-order valence-corrected chi connectivity index (χ4v) is 4.17. The number of hydrogen-bond donors (Lipinski definition) is 5. The Kier molecular flexibility index (Phi) is 9.59. The molecule has 3 amide bonds. The first-order valence-electron chi connectivity index (χ1n) is 12.5. The molecule has 0 spiro atoms. The van der Waals surface area contributed by atoms with Crippen LogP contribution in [0.15, 0.2) is 41.5 Å². The number of amides is 3. The maximum absolute atomic E-state index is 12.9. The van der Waals surface area contributed by atoms with Gasteiger partial charge >= 0.3 is 12.0 Å². The summed E-state index contributed by atoms with van der Waals surface area (Å²) in [6, 6.07) is 8.40. The van der Waals surface area contributed by atoms with Crippen molar-refractivity contribution < 1.29 is 19.5 Å². The molecule has 0 aliphatic carbocycles. The lowest BCUT2D eigenvalue weighted by Gasteiger charge is -2.21. The number of urea groups is 1. The molecule has 198 valence electrons. The van der Waals surface area contributed by atoms with E-state index in [1.165, 1.54) is 0 Å². The number of nitrogens with one attached hydrogen (secondary N) is 4. The summed E-state index contributed by atoms with van der Waals surface area (Å²) >= 11 is 0. The zero-order valence-electron chi connectivity index (χ0n) is 21.8. The highest BCUT2D eigenvalue weighted by Crippen LogP contribution is 2.19. The Hall–Kier alpha value is -3.95. The topological polar surface area (TPSA) is 145 Å². The molecule has 1 aliphatic rings. The molecule has 0 fully saturated rings. The first kappa shape index (κ1) is 27.6. The van der Waals surface area contributed by atoms with Crippen LogP contribution in [0.5, 0.6) is 0 Å². The molecule has 37 heavy (non-hydrogen) atoms. The van der Waals surface area contributed by atoms with Crippen LogP contribution in [0.4, 0.5) is 16.3 Å². The van der Waals surface area contributed by atoms with Crippen molar-refractivity contribution >= 4 is 35.2 Å². The van der Waals surface area contributed by atoms with Crippen molar-refractivity contribution in [1.82, 2.24) is 15.6 Å². The summed E-state index contributed by atoms with van der Waals surface area (Å²) in [6.07, 6.45) is 3.06. The third-order valence-electron chi connectivity index (χ3n) is 6.05. The van der Waals surface area contributed by atoms with Gasteiger partial charge in [0.05, 0.1) is 18.5 Å². The van der Waals surface area contributed by atoms with Crippen LogP contribution in [-0.2, 0) is 16.0 Å². The predicted octanol–water partition coefficient (Wildman–Crippen LogP) is 3.65. The molecule has 0 saturated heterocycles. The summed E-state index contributed by atoms with van der Waals surface area (Å²) < 4.78 is 0. The molecule has 0 radical (unpaired) electrons. The second-order valence-corrected chi connectivity index (χ2v) is 9.81. The van der Waals surface area contributed by atoms with Crippen LogP contribution in [0.2, 0.25) is 0 Å². The number of benzene rings is 1. The minimum absolute atomic E-state index is 0.0684. The van der Waals surface area contributed by atoms with Gasteiger partial charge in [-0.2, -0.15) is 0 Å². The zero-order chi connectivity index (χ0) is 26.9. The van der Waals surface area contributed by atoms with Crippen molar-refractivity contribution in [2.75, 3.05) is 17.2 Å². The number of aromatic nitrogens is 1. The number of anilines is 2. The van der Waals surface area contributed by atoms with Crippen molar-refractivity contribution in [3.63, 3.8) is 0 Å². The molecular formula is C27H36N6O4. The lowest BCUT2D eigenvalue weighted by molar-refractivity contribution is -0.137. The van der Waals surface area contributed by atoms with Crippen molar-refractivity contribution in [2.24, 2.45) is 10.9 Å². The molecule has 1 aliphatic heterocycles. The number of carbonyl (C=O) groups is 3. The summed E-state index contributed by atoms with van der Waals surface area (Å²) in [7, 11) is 0. The number of aryl methyl sites for hydroxylation is 2. The average Bonchev–Trinajstić information content (AvgIpc) is 3.29. The first-order valence-corrected chi connectivity index (χ1v) is 12.5. The van der Waals surface area contributed by atoms with E-state index in [1.807, 2.05) is 32.0 Å². The normalized spacial score (nSPS) is 15.5. The number of nitrogens with zero attached hydrogens (tertiary/aromatic N) is 2. The number of rotatable bonds is 11. The van der Waals surface area contributed by atoms with Gasteiger partial charge in [0.25, 0.3) is 0 Å². The highest BCUT2D eigenvalue weighted by Gasteiger charge is 2.26. The molecule has 1 aromatic heterocycles. The van der Waals surface area contributed by atoms with Gasteiger partial charge in [-0.15, -0.1) is 0 Å². The second kappa shape index (κ2) is 12.8. The summed E-state index contributed by atoms with van der Waals surface area (Å²) in [5.41, 5.74) is 3.16. The van der Waals surface area contributed by atoms with E-state index < -0.39 is 12.0 Å². The molecule has 10 heteroatoms. The lowest BCUT2D eigenvalue weighted by atomic mass is 10.0. The summed E-state index contributed by atoms with van der Waals surface area (Å²) in [6.45, 7) is 8.48. The van der Waals surface area contributed by atoms with E-state index in [9.17, 15) is 14.4 Å². The number of carboxylic acid groups (broad SMARTS) is 1. The molecule has 0 bridgehead atoms. The van der Waals surface area contributed by atoms with Crippen LogP contribution < -0.4 is 21.3 Å². The molecule has 2 unspecified atom stereocenters. The monoisotopic (exact) mass is 508 g/mol. The van der Waals surface area contributed by atoms with E-state index in [0.717, 1.165) is 23.1 Å². The highest BCUT2D eigenvalue weighted by atomic mass is 16.4. The third kappa shape index (κ3) is 8.59. The standard InChI is InChI=1S/C27H36N6O4/c1-16(2)12-22(26-29-15-20(30-26)8-10-24(35)36)31-23(34)14-19-7-9-21(18(4)13-19)32-27(37)33-25-17(3)6-5-11-28-25/h5-7,9,11,13,16,20,22H,8,10,12,14-15H2,1-4H3,(H,29,30)(H,31,34)(H,35,36)(H2,28,32,33,37). The van der Waals surface area contributed by atoms with Crippen LogP contribution in [-0.4, -0.2) is 52.5 Å². The minimum atomic E-state index is -0.837. The molecule has 2 heterocycles. The predicted molar refractivity (Wildman–Crippen MR) is 144 cm³/mol. The van der Waals surface area contributed by atoms with Crippen LogP contribution in [0.25, 0.3) is 0 Å². The van der Waals surface area contributed by atoms with Gasteiger partial charge in [-0.25, -0.2) is 9.78 Å². The average molecular weight is 509 g/mol. The van der Waals surface area contributed by atoms with Crippen molar-refractivity contribution in [3.05, 3.63) is 53.2 Å². The number of pyridine rings is 1. The molecular weight excluding hydrogens is 472 g/mol. The smallest absolute Gasteiger partial charge is 0.324 e. The lowest BCUT2D eigenvalue weighted by Crippen LogP contribution is -2.46. The Morgan fingerprint density at radius 3 is 2.59 bits per heavy atom. The van der Waals surface area contributed by atoms with Gasteiger partial charge in [-0.3, -0.25) is 19.9 Å². The first-order chi connectivity index (χ1) is 17.6. The van der Waals surface area contributed by atoms with Crippen LogP contribution >= 0.6 is 0 Å². The zero-order valence-corrected chi connectivity index (χ0v) is 21.8. The van der Waals surface area contributed by atoms with Gasteiger partial charge in [-0.05, 0) is 61.4 Å². The fourth-order valence-electron chi connectivity index (χ4n) is 4.17. The van der Waals surface area contributed by atoms with Gasteiger partial charge in [0, 0.05) is 24.8 Å². The van der Waals surface area contributed by atoms with Crippen molar-refractivity contribution in [3.8, 4) is 0 Å². The number of carboxylic acids is 1. The Bertz CT molecular complexity index is 1160. The number of hydrogen-bond acceptors (Lipinski definition) is 6. The summed E-state index contributed by atoms with van der Waals surface area (Å²) in [5.74, 6) is 0.573. The Labute approximate surface area is 217 Å². The van der Waals surface area contributed by atoms with Gasteiger partial charge in [0.1, 0.15) is 11.7 Å². The van der Waals surface area contributed by atoms with Crippen LogP contribution in [0.1, 0.15) is 49.8 Å². The maximum Gasteiger partial charge on any atom is 0.324 e. The fraction of sp³-hybridized carbons (Fsp3) is 0.444. The molecule has 5 N–H and O–H groups in total. The molecule has 2 atom stereocenters. The van der Waals surface area contributed by atoms with E-state index in [4.69, 9.17) is 5.11 Å². The van der Waals surface area contributed by atoms with Gasteiger partial charge in [0.2, 0.25) is 5.91 Å². The maximum atomic E-state index is 12.9. The molecule has 1 aromatic carbocycles. The molecule has 3 rings (SSSR count). The van der Waals surface area contributed by atoms with Crippen LogP contribution in [0, 0.1) is 19.8 Å². The number of amidine groups is 1. The Balaban J connectivity index is 1.59. The van der Waals surface area contributed by atoms with E-state index in [2.05, 4.69) is 45.1 Å².